The molecule has 2 aromatic rings. The fourth-order valence-electron chi connectivity index (χ4n) is 2.10. The molecule has 0 saturated heterocycles. The van der Waals surface area contributed by atoms with E-state index in [1.54, 1.807) is 19.1 Å². The number of nitro benzene ring substituents is 1. The zero-order valence-corrected chi connectivity index (χ0v) is 13.1. The lowest BCUT2D eigenvalue weighted by Crippen LogP contribution is -2.22. The fraction of sp³-hybridized carbons (Fsp3) is 0.0588. The summed E-state index contributed by atoms with van der Waals surface area (Å²) >= 11 is 0. The summed E-state index contributed by atoms with van der Waals surface area (Å²) in [6, 6.07) is 15.9. The lowest BCUT2D eigenvalue weighted by molar-refractivity contribution is -0.384. The van der Waals surface area contributed by atoms with E-state index in [0.29, 0.717) is 11.3 Å². The molecule has 7 heteroatoms. The average Bonchev–Trinajstić information content (AvgIpc) is 2.58. The molecule has 0 unspecified atom stereocenters. The first-order valence-electron chi connectivity index (χ1n) is 7.12. The molecule has 2 aromatic carbocycles. The van der Waals surface area contributed by atoms with E-state index in [1.807, 2.05) is 36.4 Å². The van der Waals surface area contributed by atoms with Gasteiger partial charge < -0.3 is 11.5 Å². The number of guanidine groups is 1. The zero-order valence-electron chi connectivity index (χ0n) is 13.1. The van der Waals surface area contributed by atoms with Crippen molar-refractivity contribution in [1.82, 2.24) is 0 Å². The molecule has 0 fully saturated rings. The maximum Gasteiger partial charge on any atom is 0.270 e. The predicted molar refractivity (Wildman–Crippen MR) is 96.3 cm³/mol. The molecule has 122 valence electrons. The predicted octanol–water partition coefficient (Wildman–Crippen LogP) is 2.78. The van der Waals surface area contributed by atoms with Gasteiger partial charge in [-0.15, -0.1) is 5.10 Å². The van der Waals surface area contributed by atoms with Crippen molar-refractivity contribution in [2.24, 2.45) is 21.7 Å². The molecule has 0 heterocycles. The largest absolute Gasteiger partial charge is 0.369 e. The lowest BCUT2D eigenvalue weighted by atomic mass is 9.99. The standard InChI is InChI=1S/C17H17N5O2/c1-12(20-21-17(18)19)16(14-7-3-2-4-8-14)11-13-6-5-9-15(10-13)22(23)24/h2-11H,1H3,(H4,18,19,21)/b16-11-,20-12+. The Morgan fingerprint density at radius 2 is 1.79 bits per heavy atom. The highest BCUT2D eigenvalue weighted by molar-refractivity contribution is 6.27. The van der Waals surface area contributed by atoms with Crippen LogP contribution in [0.2, 0.25) is 0 Å². The van der Waals surface area contributed by atoms with Crippen molar-refractivity contribution < 1.29 is 4.92 Å². The van der Waals surface area contributed by atoms with E-state index in [0.717, 1.165) is 11.1 Å². The minimum atomic E-state index is -0.431. The van der Waals surface area contributed by atoms with Crippen molar-refractivity contribution in [3.63, 3.8) is 0 Å². The van der Waals surface area contributed by atoms with Crippen LogP contribution in [0.15, 0.2) is 64.8 Å². The molecule has 4 N–H and O–H groups in total. The van der Waals surface area contributed by atoms with Crippen LogP contribution in [0, 0.1) is 10.1 Å². The Bertz CT molecular complexity index is 822. The number of nitrogens with two attached hydrogens (primary N) is 2. The number of allylic oxidation sites excluding steroid dienone is 1. The molecule has 0 aliphatic heterocycles. The van der Waals surface area contributed by atoms with Gasteiger partial charge >= 0.3 is 0 Å². The summed E-state index contributed by atoms with van der Waals surface area (Å²) in [4.78, 5) is 10.5. The quantitative estimate of drug-likeness (QED) is 0.289. The zero-order chi connectivity index (χ0) is 17.5. The SMILES string of the molecule is CC(=N\N=C(N)N)/C(=C/c1cccc([N+](=O)[O-])c1)c1ccccc1. The summed E-state index contributed by atoms with van der Waals surface area (Å²) in [5, 5.41) is 18.6. The lowest BCUT2D eigenvalue weighted by Gasteiger charge is -2.07. The van der Waals surface area contributed by atoms with Gasteiger partial charge in [0.05, 0.1) is 10.6 Å². The Morgan fingerprint density at radius 1 is 1.08 bits per heavy atom. The molecule has 0 aromatic heterocycles. The second-order valence-corrected chi connectivity index (χ2v) is 4.99. The first kappa shape index (κ1) is 16.9. The van der Waals surface area contributed by atoms with E-state index in [2.05, 4.69) is 10.2 Å². The number of hydrogen-bond donors (Lipinski definition) is 2. The molecule has 24 heavy (non-hydrogen) atoms. The number of benzene rings is 2. The number of rotatable bonds is 5. The molecular weight excluding hydrogens is 306 g/mol. The highest BCUT2D eigenvalue weighted by Crippen LogP contribution is 2.22. The maximum absolute atomic E-state index is 10.9. The van der Waals surface area contributed by atoms with E-state index in [9.17, 15) is 10.1 Å². The Morgan fingerprint density at radius 3 is 2.42 bits per heavy atom. The van der Waals surface area contributed by atoms with Gasteiger partial charge in [0.2, 0.25) is 5.96 Å². The third kappa shape index (κ3) is 4.51. The molecule has 2 rings (SSSR count). The van der Waals surface area contributed by atoms with Crippen LogP contribution < -0.4 is 11.5 Å². The van der Waals surface area contributed by atoms with Crippen molar-refractivity contribution in [2.45, 2.75) is 6.92 Å². The van der Waals surface area contributed by atoms with Crippen LogP contribution in [0.4, 0.5) is 5.69 Å². The molecule has 0 saturated carbocycles. The molecule has 0 amide bonds. The van der Waals surface area contributed by atoms with Crippen LogP contribution in [-0.4, -0.2) is 16.6 Å². The molecule has 7 nitrogen and oxygen atoms in total. The molecule has 0 atom stereocenters. The van der Waals surface area contributed by atoms with E-state index in [-0.39, 0.29) is 11.6 Å². The average molecular weight is 323 g/mol. The topological polar surface area (TPSA) is 120 Å². The van der Waals surface area contributed by atoms with Gasteiger partial charge in [-0.2, -0.15) is 5.10 Å². The third-order valence-electron chi connectivity index (χ3n) is 3.18. The van der Waals surface area contributed by atoms with Crippen LogP contribution >= 0.6 is 0 Å². The summed E-state index contributed by atoms with van der Waals surface area (Å²) in [7, 11) is 0. The highest BCUT2D eigenvalue weighted by Gasteiger charge is 2.09. The van der Waals surface area contributed by atoms with Gasteiger partial charge in [0.15, 0.2) is 0 Å². The highest BCUT2D eigenvalue weighted by atomic mass is 16.6. The first-order valence-corrected chi connectivity index (χ1v) is 7.12. The summed E-state index contributed by atoms with van der Waals surface area (Å²) in [6.07, 6.45) is 1.81. The van der Waals surface area contributed by atoms with Gasteiger partial charge in [-0.1, -0.05) is 42.5 Å². The van der Waals surface area contributed by atoms with Crippen LogP contribution in [0.25, 0.3) is 11.6 Å². The third-order valence-corrected chi connectivity index (χ3v) is 3.18. The van der Waals surface area contributed by atoms with Crippen LogP contribution in [0.3, 0.4) is 0 Å². The molecule has 0 aliphatic carbocycles. The normalized spacial score (nSPS) is 11.9. The van der Waals surface area contributed by atoms with Crippen LogP contribution in [0.1, 0.15) is 18.1 Å². The van der Waals surface area contributed by atoms with Gasteiger partial charge in [0.1, 0.15) is 0 Å². The molecule has 0 radical (unpaired) electrons. The fourth-order valence-corrected chi connectivity index (χ4v) is 2.10. The first-order chi connectivity index (χ1) is 11.5. The Labute approximate surface area is 139 Å². The van der Waals surface area contributed by atoms with E-state index < -0.39 is 4.92 Å². The van der Waals surface area contributed by atoms with Gasteiger partial charge in [0.25, 0.3) is 5.69 Å². The van der Waals surface area contributed by atoms with E-state index in [4.69, 9.17) is 11.5 Å². The van der Waals surface area contributed by atoms with Crippen LogP contribution in [0.5, 0.6) is 0 Å². The van der Waals surface area contributed by atoms with Gasteiger partial charge in [-0.3, -0.25) is 10.1 Å². The van der Waals surface area contributed by atoms with Crippen molar-refractivity contribution in [3.05, 3.63) is 75.8 Å². The van der Waals surface area contributed by atoms with E-state index in [1.165, 1.54) is 12.1 Å². The number of nitro groups is 1. The van der Waals surface area contributed by atoms with Gasteiger partial charge in [0, 0.05) is 17.7 Å². The van der Waals surface area contributed by atoms with Crippen LogP contribution in [-0.2, 0) is 0 Å². The Balaban J connectivity index is 2.54. The maximum atomic E-state index is 10.9. The number of non-ortho nitro benzene ring substituents is 1. The molecular formula is C17H17N5O2. The van der Waals surface area contributed by atoms with E-state index >= 15 is 0 Å². The molecule has 0 spiro atoms. The smallest absolute Gasteiger partial charge is 0.270 e. The van der Waals surface area contributed by atoms with Gasteiger partial charge in [-0.05, 0) is 24.1 Å². The van der Waals surface area contributed by atoms with Crippen molar-refractivity contribution in [3.8, 4) is 0 Å². The minimum Gasteiger partial charge on any atom is -0.369 e. The summed E-state index contributed by atoms with van der Waals surface area (Å²) in [5.74, 6) is -0.142. The summed E-state index contributed by atoms with van der Waals surface area (Å²) in [6.45, 7) is 1.77. The minimum absolute atomic E-state index is 0.0231. The molecule has 0 bridgehead atoms. The summed E-state index contributed by atoms with van der Waals surface area (Å²) < 4.78 is 0. The van der Waals surface area contributed by atoms with Gasteiger partial charge in [-0.25, -0.2) is 0 Å². The number of hydrogen-bond acceptors (Lipinski definition) is 4. The Kier molecular flexibility index (Phi) is 5.40. The Hall–Kier alpha value is -3.48. The second-order valence-electron chi connectivity index (χ2n) is 4.99. The number of nitrogens with zero attached hydrogens (tertiary/aromatic N) is 3. The second kappa shape index (κ2) is 7.68. The molecule has 0 aliphatic rings. The monoisotopic (exact) mass is 323 g/mol. The van der Waals surface area contributed by atoms with Crippen molar-refractivity contribution in [1.29, 1.82) is 0 Å². The van der Waals surface area contributed by atoms with Crippen molar-refractivity contribution >= 4 is 29.0 Å². The van der Waals surface area contributed by atoms with Crippen molar-refractivity contribution in [2.75, 3.05) is 0 Å². The summed E-state index contributed by atoms with van der Waals surface area (Å²) in [5.41, 5.74) is 13.6.